The van der Waals surface area contributed by atoms with E-state index in [2.05, 4.69) is 15.5 Å². The summed E-state index contributed by atoms with van der Waals surface area (Å²) >= 11 is 0. The van der Waals surface area contributed by atoms with Crippen molar-refractivity contribution in [1.29, 1.82) is 0 Å². The molecule has 21 heavy (non-hydrogen) atoms. The lowest BCUT2D eigenvalue weighted by atomic mass is 10.1. The smallest absolute Gasteiger partial charge is 0.326 e. The van der Waals surface area contributed by atoms with Gasteiger partial charge in [-0.1, -0.05) is 26.2 Å². The third kappa shape index (κ3) is 7.32. The highest BCUT2D eigenvalue weighted by Gasteiger charge is 2.20. The number of aliphatic carboxylic acids is 1. The van der Waals surface area contributed by atoms with Crippen molar-refractivity contribution in [2.75, 3.05) is 19.6 Å². The van der Waals surface area contributed by atoms with Gasteiger partial charge in [0, 0.05) is 12.6 Å². The minimum absolute atomic E-state index is 0.0173. The van der Waals surface area contributed by atoms with Gasteiger partial charge in [0.2, 0.25) is 0 Å². The maximum absolute atomic E-state index is 11.9. The van der Waals surface area contributed by atoms with Crippen molar-refractivity contribution in [2.45, 2.75) is 64.5 Å². The number of piperidine rings is 1. The summed E-state index contributed by atoms with van der Waals surface area (Å²) in [6, 6.07) is -1.17. The number of likely N-dealkylation sites (tertiary alicyclic amines) is 1. The Morgan fingerprint density at radius 1 is 1.19 bits per heavy atom. The highest BCUT2D eigenvalue weighted by atomic mass is 16.4. The Bertz CT molecular complexity index is 330. The second kappa shape index (κ2) is 9.60. The van der Waals surface area contributed by atoms with Crippen molar-refractivity contribution in [2.24, 2.45) is 0 Å². The maximum atomic E-state index is 11.9. The van der Waals surface area contributed by atoms with Crippen molar-refractivity contribution < 1.29 is 14.7 Å². The van der Waals surface area contributed by atoms with Crippen molar-refractivity contribution in [3.63, 3.8) is 0 Å². The van der Waals surface area contributed by atoms with Crippen LogP contribution in [0.4, 0.5) is 4.79 Å². The van der Waals surface area contributed by atoms with Crippen LogP contribution < -0.4 is 10.6 Å². The number of unbranched alkanes of at least 4 members (excludes halogenated alkanes) is 1. The number of carbonyl (C=O) groups is 2. The summed E-state index contributed by atoms with van der Waals surface area (Å²) in [5.41, 5.74) is 0. The predicted octanol–water partition coefficient (Wildman–Crippen LogP) is 1.80. The number of carbonyl (C=O) groups excluding carboxylic acids is 1. The Morgan fingerprint density at radius 2 is 1.86 bits per heavy atom. The standard InChI is InChI=1S/C15H29N3O3/c1-3-4-8-13(14(19)20)17-15(21)16-12(2)11-18-9-6-5-7-10-18/h12-13H,3-11H2,1-2H3,(H,19,20)(H2,16,17,21). The lowest BCUT2D eigenvalue weighted by Crippen LogP contribution is -2.51. The number of hydrogen-bond acceptors (Lipinski definition) is 3. The van der Waals surface area contributed by atoms with Gasteiger partial charge in [0.1, 0.15) is 6.04 Å². The number of hydrogen-bond donors (Lipinski definition) is 3. The summed E-state index contributed by atoms with van der Waals surface area (Å²) in [6.07, 6.45) is 5.91. The molecule has 0 spiro atoms. The lowest BCUT2D eigenvalue weighted by molar-refractivity contribution is -0.139. The van der Waals surface area contributed by atoms with E-state index in [9.17, 15) is 9.59 Å². The Balaban J connectivity index is 2.31. The van der Waals surface area contributed by atoms with E-state index in [0.29, 0.717) is 6.42 Å². The molecule has 2 amide bonds. The van der Waals surface area contributed by atoms with Gasteiger partial charge in [0.05, 0.1) is 0 Å². The summed E-state index contributed by atoms with van der Waals surface area (Å²) in [6.45, 7) is 6.94. The Morgan fingerprint density at radius 3 is 2.43 bits per heavy atom. The van der Waals surface area contributed by atoms with Crippen LogP contribution in [0.25, 0.3) is 0 Å². The molecule has 0 aromatic heterocycles. The molecule has 3 N–H and O–H groups in total. The molecule has 0 bridgehead atoms. The fourth-order valence-electron chi connectivity index (χ4n) is 2.66. The highest BCUT2D eigenvalue weighted by molar-refractivity contribution is 5.82. The summed E-state index contributed by atoms with van der Waals surface area (Å²) in [4.78, 5) is 25.3. The molecule has 6 heteroatoms. The van der Waals surface area contributed by atoms with Crippen LogP contribution in [0.1, 0.15) is 52.4 Å². The topological polar surface area (TPSA) is 81.7 Å². The minimum Gasteiger partial charge on any atom is -0.480 e. The molecule has 0 aromatic carbocycles. The van der Waals surface area contributed by atoms with Gasteiger partial charge in [-0.05, 0) is 39.3 Å². The van der Waals surface area contributed by atoms with Crippen LogP contribution in [0.2, 0.25) is 0 Å². The van der Waals surface area contributed by atoms with Gasteiger partial charge >= 0.3 is 12.0 Å². The first-order chi connectivity index (χ1) is 10.0. The number of carboxylic acid groups (broad SMARTS) is 1. The molecule has 0 radical (unpaired) electrons. The van der Waals surface area contributed by atoms with Gasteiger partial charge in [-0.3, -0.25) is 0 Å². The van der Waals surface area contributed by atoms with Crippen LogP contribution in [-0.2, 0) is 4.79 Å². The molecule has 2 unspecified atom stereocenters. The van der Waals surface area contributed by atoms with Crippen LogP contribution in [0.5, 0.6) is 0 Å². The van der Waals surface area contributed by atoms with E-state index in [-0.39, 0.29) is 12.1 Å². The second-order valence-corrected chi connectivity index (χ2v) is 5.91. The molecular formula is C15H29N3O3. The molecule has 1 saturated heterocycles. The maximum Gasteiger partial charge on any atom is 0.326 e. The quantitative estimate of drug-likeness (QED) is 0.638. The first kappa shape index (κ1) is 17.8. The van der Waals surface area contributed by atoms with E-state index in [1.807, 2.05) is 13.8 Å². The molecular weight excluding hydrogens is 270 g/mol. The fraction of sp³-hybridized carbons (Fsp3) is 0.867. The first-order valence-electron chi connectivity index (χ1n) is 8.05. The van der Waals surface area contributed by atoms with E-state index in [1.54, 1.807) is 0 Å². The number of urea groups is 1. The Labute approximate surface area is 127 Å². The zero-order valence-corrected chi connectivity index (χ0v) is 13.2. The molecule has 1 rings (SSSR count). The van der Waals surface area contributed by atoms with Gasteiger partial charge in [0.25, 0.3) is 0 Å². The molecule has 1 fully saturated rings. The Hall–Kier alpha value is -1.30. The van der Waals surface area contributed by atoms with Crippen LogP contribution in [-0.4, -0.2) is 53.7 Å². The molecule has 1 aliphatic rings. The zero-order valence-electron chi connectivity index (χ0n) is 13.2. The lowest BCUT2D eigenvalue weighted by Gasteiger charge is -2.29. The average molecular weight is 299 g/mol. The summed E-state index contributed by atoms with van der Waals surface area (Å²) in [5, 5.41) is 14.5. The predicted molar refractivity (Wildman–Crippen MR) is 82.4 cm³/mol. The van der Waals surface area contributed by atoms with Gasteiger partial charge < -0.3 is 20.6 Å². The van der Waals surface area contributed by atoms with Gasteiger partial charge in [0.15, 0.2) is 0 Å². The van der Waals surface area contributed by atoms with Crippen molar-refractivity contribution in [3.8, 4) is 0 Å². The third-order valence-electron chi connectivity index (χ3n) is 3.81. The monoisotopic (exact) mass is 299 g/mol. The van der Waals surface area contributed by atoms with Gasteiger partial charge in [-0.25, -0.2) is 9.59 Å². The molecule has 0 aliphatic carbocycles. The molecule has 122 valence electrons. The number of rotatable bonds is 8. The molecule has 0 saturated carbocycles. The van der Waals surface area contributed by atoms with Crippen molar-refractivity contribution in [1.82, 2.24) is 15.5 Å². The van der Waals surface area contributed by atoms with Crippen LogP contribution >= 0.6 is 0 Å². The molecule has 2 atom stereocenters. The molecule has 1 aliphatic heterocycles. The molecule has 6 nitrogen and oxygen atoms in total. The first-order valence-corrected chi connectivity index (χ1v) is 8.05. The summed E-state index contributed by atoms with van der Waals surface area (Å²) in [7, 11) is 0. The number of amides is 2. The zero-order chi connectivity index (χ0) is 15.7. The van der Waals surface area contributed by atoms with Crippen LogP contribution in [0, 0.1) is 0 Å². The second-order valence-electron chi connectivity index (χ2n) is 5.91. The fourth-order valence-corrected chi connectivity index (χ4v) is 2.66. The van der Waals surface area contributed by atoms with E-state index >= 15 is 0 Å². The average Bonchev–Trinajstić information content (AvgIpc) is 2.44. The van der Waals surface area contributed by atoms with Crippen molar-refractivity contribution in [3.05, 3.63) is 0 Å². The number of carboxylic acids is 1. The van der Waals surface area contributed by atoms with Gasteiger partial charge in [-0.15, -0.1) is 0 Å². The van der Waals surface area contributed by atoms with E-state index in [4.69, 9.17) is 5.11 Å². The third-order valence-corrected chi connectivity index (χ3v) is 3.81. The largest absolute Gasteiger partial charge is 0.480 e. The van der Waals surface area contributed by atoms with E-state index in [1.165, 1.54) is 19.3 Å². The SMILES string of the molecule is CCCCC(NC(=O)NC(C)CN1CCCCC1)C(=O)O. The highest BCUT2D eigenvalue weighted by Crippen LogP contribution is 2.08. The summed E-state index contributed by atoms with van der Waals surface area (Å²) in [5.74, 6) is -0.970. The minimum atomic E-state index is -0.970. The molecule has 0 aromatic rings. The number of nitrogens with zero attached hydrogens (tertiary/aromatic N) is 1. The Kier molecular flexibility index (Phi) is 8.12. The molecule has 1 heterocycles. The number of nitrogens with one attached hydrogen (secondary N) is 2. The summed E-state index contributed by atoms with van der Waals surface area (Å²) < 4.78 is 0. The van der Waals surface area contributed by atoms with Crippen LogP contribution in [0.3, 0.4) is 0 Å². The van der Waals surface area contributed by atoms with Crippen LogP contribution in [0.15, 0.2) is 0 Å². The van der Waals surface area contributed by atoms with Gasteiger partial charge in [-0.2, -0.15) is 0 Å². The van der Waals surface area contributed by atoms with E-state index in [0.717, 1.165) is 32.5 Å². The van der Waals surface area contributed by atoms with Crippen molar-refractivity contribution >= 4 is 12.0 Å². The normalized spacial score (nSPS) is 18.8. The van der Waals surface area contributed by atoms with E-state index < -0.39 is 12.0 Å².